The molecular weight excluding hydrogens is 198 g/mol. The van der Waals surface area contributed by atoms with Gasteiger partial charge in [0.15, 0.2) is 0 Å². The van der Waals surface area contributed by atoms with E-state index in [4.69, 9.17) is 5.73 Å². The van der Waals surface area contributed by atoms with Crippen LogP contribution >= 0.6 is 0 Å². The van der Waals surface area contributed by atoms with Crippen molar-refractivity contribution in [2.45, 2.75) is 0 Å². The van der Waals surface area contributed by atoms with Crippen molar-refractivity contribution in [3.63, 3.8) is 0 Å². The van der Waals surface area contributed by atoms with E-state index in [0.717, 1.165) is 0 Å². The fourth-order valence-corrected chi connectivity index (χ4v) is 1.16. The molecule has 1 aromatic carbocycles. The van der Waals surface area contributed by atoms with Crippen LogP contribution in [0.5, 0.6) is 0 Å². The molecule has 0 amide bonds. The van der Waals surface area contributed by atoms with Gasteiger partial charge in [0.05, 0.1) is 10.6 Å². The van der Waals surface area contributed by atoms with Gasteiger partial charge in [0.1, 0.15) is 6.33 Å². The number of non-ortho nitro benzene ring substituents is 1. The number of anilines is 1. The number of nitro groups is 1. The SMILES string of the molecule is Nc1ncnn1-c1ccc([N+](=O)[O-])cc1. The lowest BCUT2D eigenvalue weighted by atomic mass is 10.3. The molecule has 0 radical (unpaired) electrons. The van der Waals surface area contributed by atoms with E-state index >= 15 is 0 Å². The first-order chi connectivity index (χ1) is 7.18. The number of nitrogens with zero attached hydrogens (tertiary/aromatic N) is 4. The first kappa shape index (κ1) is 9.13. The number of hydrogen-bond acceptors (Lipinski definition) is 5. The Hall–Kier alpha value is -2.44. The minimum atomic E-state index is -0.464. The van der Waals surface area contributed by atoms with Crippen molar-refractivity contribution >= 4 is 11.6 Å². The molecule has 0 spiro atoms. The van der Waals surface area contributed by atoms with E-state index in [1.54, 1.807) is 12.1 Å². The summed E-state index contributed by atoms with van der Waals surface area (Å²) in [6.45, 7) is 0. The second-order valence-corrected chi connectivity index (χ2v) is 2.80. The van der Waals surface area contributed by atoms with Gasteiger partial charge in [0.2, 0.25) is 5.95 Å². The van der Waals surface area contributed by atoms with Crippen molar-refractivity contribution in [1.82, 2.24) is 14.8 Å². The van der Waals surface area contributed by atoms with Gasteiger partial charge in [-0.25, -0.2) is 0 Å². The molecule has 0 aliphatic carbocycles. The van der Waals surface area contributed by atoms with Crippen LogP contribution in [0.1, 0.15) is 0 Å². The molecule has 0 fully saturated rings. The summed E-state index contributed by atoms with van der Waals surface area (Å²) in [6, 6.07) is 5.89. The molecule has 15 heavy (non-hydrogen) atoms. The van der Waals surface area contributed by atoms with Gasteiger partial charge in [-0.1, -0.05) is 0 Å². The monoisotopic (exact) mass is 205 g/mol. The third-order valence-electron chi connectivity index (χ3n) is 1.88. The molecule has 0 atom stereocenters. The van der Waals surface area contributed by atoms with Gasteiger partial charge in [-0.15, -0.1) is 0 Å². The van der Waals surface area contributed by atoms with Crippen molar-refractivity contribution in [3.8, 4) is 5.69 Å². The fourth-order valence-electron chi connectivity index (χ4n) is 1.16. The number of nitro benzene ring substituents is 1. The molecule has 0 unspecified atom stereocenters. The van der Waals surface area contributed by atoms with E-state index in [1.165, 1.54) is 23.1 Å². The Morgan fingerprint density at radius 3 is 2.47 bits per heavy atom. The lowest BCUT2D eigenvalue weighted by molar-refractivity contribution is -0.384. The standard InChI is InChI=1S/C8H7N5O2/c9-8-10-5-11-12(8)6-1-3-7(4-2-6)13(14)15/h1-5H,(H2,9,10,11). The summed E-state index contributed by atoms with van der Waals surface area (Å²) >= 11 is 0. The second-order valence-electron chi connectivity index (χ2n) is 2.80. The van der Waals surface area contributed by atoms with E-state index < -0.39 is 4.92 Å². The first-order valence-electron chi connectivity index (χ1n) is 4.09. The lowest BCUT2D eigenvalue weighted by Gasteiger charge is -2.01. The largest absolute Gasteiger partial charge is 0.368 e. The zero-order valence-corrected chi connectivity index (χ0v) is 7.57. The number of aromatic nitrogens is 3. The normalized spacial score (nSPS) is 10.1. The summed E-state index contributed by atoms with van der Waals surface area (Å²) in [7, 11) is 0. The number of hydrogen-bond donors (Lipinski definition) is 1. The highest BCUT2D eigenvalue weighted by molar-refractivity contribution is 5.42. The predicted molar refractivity (Wildman–Crippen MR) is 52.4 cm³/mol. The molecule has 7 heteroatoms. The quantitative estimate of drug-likeness (QED) is 0.576. The van der Waals surface area contributed by atoms with Gasteiger partial charge in [-0.05, 0) is 12.1 Å². The summed E-state index contributed by atoms with van der Waals surface area (Å²) < 4.78 is 1.39. The molecule has 0 saturated carbocycles. The smallest absolute Gasteiger partial charge is 0.269 e. The van der Waals surface area contributed by atoms with Crippen LogP contribution in [0, 0.1) is 10.1 Å². The molecule has 1 heterocycles. The van der Waals surface area contributed by atoms with E-state index in [9.17, 15) is 10.1 Å². The Morgan fingerprint density at radius 1 is 1.33 bits per heavy atom. The van der Waals surface area contributed by atoms with Crippen LogP contribution in [0.2, 0.25) is 0 Å². The molecule has 2 N–H and O–H groups in total. The van der Waals surface area contributed by atoms with Crippen LogP contribution in [0.25, 0.3) is 5.69 Å². The van der Waals surface area contributed by atoms with Gasteiger partial charge in [-0.2, -0.15) is 14.8 Å². The third-order valence-corrected chi connectivity index (χ3v) is 1.88. The highest BCUT2D eigenvalue weighted by Crippen LogP contribution is 2.15. The molecule has 0 saturated heterocycles. The minimum Gasteiger partial charge on any atom is -0.368 e. The average Bonchev–Trinajstić information content (AvgIpc) is 2.65. The van der Waals surface area contributed by atoms with Crippen LogP contribution in [-0.2, 0) is 0 Å². The predicted octanol–water partition coefficient (Wildman–Crippen LogP) is 0.758. The summed E-state index contributed by atoms with van der Waals surface area (Å²) in [5.41, 5.74) is 6.19. The Balaban J connectivity index is 2.40. The summed E-state index contributed by atoms with van der Waals surface area (Å²) in [5.74, 6) is 0.240. The van der Waals surface area contributed by atoms with E-state index in [-0.39, 0.29) is 11.6 Å². The van der Waals surface area contributed by atoms with Crippen LogP contribution < -0.4 is 5.73 Å². The van der Waals surface area contributed by atoms with Crippen molar-refractivity contribution in [2.24, 2.45) is 0 Å². The molecule has 1 aromatic heterocycles. The maximum atomic E-state index is 10.4. The molecule has 76 valence electrons. The van der Waals surface area contributed by atoms with Crippen molar-refractivity contribution in [3.05, 3.63) is 40.7 Å². The highest BCUT2D eigenvalue weighted by atomic mass is 16.6. The zero-order valence-electron chi connectivity index (χ0n) is 7.57. The molecule has 7 nitrogen and oxygen atoms in total. The van der Waals surface area contributed by atoms with E-state index in [1.807, 2.05) is 0 Å². The summed E-state index contributed by atoms with van der Waals surface area (Å²) in [5, 5.41) is 14.3. The average molecular weight is 205 g/mol. The van der Waals surface area contributed by atoms with Crippen molar-refractivity contribution < 1.29 is 4.92 Å². The Labute approximate surface area is 84.3 Å². The topological polar surface area (TPSA) is 99.9 Å². The van der Waals surface area contributed by atoms with Gasteiger partial charge in [-0.3, -0.25) is 10.1 Å². The van der Waals surface area contributed by atoms with Crippen molar-refractivity contribution in [1.29, 1.82) is 0 Å². The third kappa shape index (κ3) is 1.62. The van der Waals surface area contributed by atoms with Gasteiger partial charge < -0.3 is 5.73 Å². The number of nitrogen functional groups attached to an aromatic ring is 1. The maximum Gasteiger partial charge on any atom is 0.269 e. The van der Waals surface area contributed by atoms with Crippen LogP contribution in [0.3, 0.4) is 0 Å². The van der Waals surface area contributed by atoms with Crippen LogP contribution in [-0.4, -0.2) is 19.7 Å². The molecule has 2 aromatic rings. The van der Waals surface area contributed by atoms with Crippen LogP contribution in [0.15, 0.2) is 30.6 Å². The van der Waals surface area contributed by atoms with E-state index in [2.05, 4.69) is 10.1 Å². The zero-order chi connectivity index (χ0) is 10.8. The number of nitrogens with two attached hydrogens (primary N) is 1. The van der Waals surface area contributed by atoms with E-state index in [0.29, 0.717) is 5.69 Å². The second kappa shape index (κ2) is 3.37. The van der Waals surface area contributed by atoms with Gasteiger partial charge >= 0.3 is 0 Å². The Morgan fingerprint density at radius 2 is 2.00 bits per heavy atom. The van der Waals surface area contributed by atoms with Crippen molar-refractivity contribution in [2.75, 3.05) is 5.73 Å². The highest BCUT2D eigenvalue weighted by Gasteiger charge is 2.06. The Bertz CT molecular complexity index is 490. The maximum absolute atomic E-state index is 10.4. The lowest BCUT2D eigenvalue weighted by Crippen LogP contribution is -2.02. The first-order valence-corrected chi connectivity index (χ1v) is 4.09. The van der Waals surface area contributed by atoms with Crippen LogP contribution in [0.4, 0.5) is 11.6 Å². The molecule has 0 aliphatic heterocycles. The minimum absolute atomic E-state index is 0.0254. The fraction of sp³-hybridized carbons (Fsp3) is 0. The summed E-state index contributed by atoms with van der Waals surface area (Å²) in [6.07, 6.45) is 1.32. The molecular formula is C8H7N5O2. The molecule has 0 aliphatic rings. The molecule has 0 bridgehead atoms. The number of rotatable bonds is 2. The number of benzene rings is 1. The van der Waals surface area contributed by atoms with Gasteiger partial charge in [0.25, 0.3) is 5.69 Å². The summed E-state index contributed by atoms with van der Waals surface area (Å²) in [4.78, 5) is 13.7. The Kier molecular flexibility index (Phi) is 2.05. The van der Waals surface area contributed by atoms with Gasteiger partial charge in [0, 0.05) is 12.1 Å². The molecule has 2 rings (SSSR count).